The van der Waals surface area contributed by atoms with E-state index in [0.717, 1.165) is 68.8 Å². The molecule has 1 atom stereocenters. The number of aromatic nitrogens is 2. The van der Waals surface area contributed by atoms with Gasteiger partial charge in [-0.25, -0.2) is 9.97 Å². The van der Waals surface area contributed by atoms with Gasteiger partial charge in [0.2, 0.25) is 5.91 Å². The Balaban J connectivity index is 1.40. The maximum absolute atomic E-state index is 12.0. The first-order valence-corrected chi connectivity index (χ1v) is 9.59. The minimum Gasteiger partial charge on any atom is -0.338 e. The van der Waals surface area contributed by atoms with E-state index in [1.807, 2.05) is 24.5 Å². The Labute approximate surface area is 155 Å². The van der Waals surface area contributed by atoms with Gasteiger partial charge in [-0.3, -0.25) is 9.69 Å². The van der Waals surface area contributed by atoms with Crippen LogP contribution < -0.4 is 0 Å². The van der Waals surface area contributed by atoms with Gasteiger partial charge in [0.25, 0.3) is 0 Å². The summed E-state index contributed by atoms with van der Waals surface area (Å²) in [6.07, 6.45) is 7.90. The van der Waals surface area contributed by atoms with Crippen molar-refractivity contribution in [2.45, 2.75) is 45.2 Å². The Morgan fingerprint density at radius 1 is 1.15 bits per heavy atom. The van der Waals surface area contributed by atoms with Gasteiger partial charge in [-0.1, -0.05) is 23.8 Å². The number of hydrogen-bond acceptors (Lipinski definition) is 4. The molecule has 0 N–H and O–H groups in total. The maximum atomic E-state index is 12.0. The van der Waals surface area contributed by atoms with E-state index in [9.17, 15) is 4.79 Å². The van der Waals surface area contributed by atoms with Crippen LogP contribution in [-0.4, -0.2) is 51.4 Å². The molecule has 1 aromatic heterocycles. The summed E-state index contributed by atoms with van der Waals surface area (Å²) in [4.78, 5) is 25.7. The molecule has 2 aliphatic rings. The molecule has 2 aromatic rings. The van der Waals surface area contributed by atoms with Crippen molar-refractivity contribution in [2.24, 2.45) is 0 Å². The minimum absolute atomic E-state index is 0.336. The molecule has 1 aromatic carbocycles. The average molecular weight is 350 g/mol. The Hall–Kier alpha value is -2.27. The summed E-state index contributed by atoms with van der Waals surface area (Å²) in [5, 5.41) is 0. The van der Waals surface area contributed by atoms with Gasteiger partial charge in [-0.2, -0.15) is 0 Å². The Bertz CT molecular complexity index is 774. The lowest BCUT2D eigenvalue weighted by Crippen LogP contribution is -2.48. The quantitative estimate of drug-likeness (QED) is 0.850. The van der Waals surface area contributed by atoms with E-state index in [-0.39, 0.29) is 0 Å². The predicted octanol–water partition coefficient (Wildman–Crippen LogP) is 3.04. The third-order valence-electron chi connectivity index (χ3n) is 5.42. The number of hydrogen-bond donors (Lipinski definition) is 0. The standard InChI is InChI=1S/C21H26N4O/c1-16-5-2-6-18(11-16)21-22-12-17(13-23-21)14-24-9-3-7-19(15-24)25-10-4-8-20(25)26/h2,5-6,11-13,19H,3-4,7-10,14-15H2,1H3/t19-/m0/s1. The highest BCUT2D eigenvalue weighted by Gasteiger charge is 2.31. The second-order valence-corrected chi connectivity index (χ2v) is 7.51. The summed E-state index contributed by atoms with van der Waals surface area (Å²) in [5.74, 6) is 1.11. The number of aryl methyl sites for hydroxylation is 1. The lowest BCUT2D eigenvalue weighted by atomic mass is 10.0. The fourth-order valence-electron chi connectivity index (χ4n) is 4.11. The monoisotopic (exact) mass is 350 g/mol. The third kappa shape index (κ3) is 3.78. The average Bonchev–Trinajstić information content (AvgIpc) is 3.09. The Morgan fingerprint density at radius 3 is 2.73 bits per heavy atom. The van der Waals surface area contributed by atoms with Crippen molar-refractivity contribution in [1.29, 1.82) is 0 Å². The molecule has 136 valence electrons. The molecular formula is C21H26N4O. The first kappa shape index (κ1) is 17.2. The van der Waals surface area contributed by atoms with E-state index in [2.05, 4.69) is 38.8 Å². The minimum atomic E-state index is 0.336. The first-order valence-electron chi connectivity index (χ1n) is 9.59. The van der Waals surface area contributed by atoms with Crippen molar-refractivity contribution in [1.82, 2.24) is 19.8 Å². The SMILES string of the molecule is Cc1cccc(-c2ncc(CN3CCC[C@H](N4CCCC4=O)C3)cn2)c1. The van der Waals surface area contributed by atoms with Crippen molar-refractivity contribution in [3.05, 3.63) is 47.8 Å². The van der Waals surface area contributed by atoms with Gasteiger partial charge in [0, 0.05) is 55.6 Å². The zero-order valence-corrected chi connectivity index (χ0v) is 15.4. The van der Waals surface area contributed by atoms with E-state index in [4.69, 9.17) is 0 Å². The van der Waals surface area contributed by atoms with Crippen LogP contribution in [0.1, 0.15) is 36.8 Å². The smallest absolute Gasteiger partial charge is 0.222 e. The fourth-order valence-corrected chi connectivity index (χ4v) is 4.11. The molecule has 2 aliphatic heterocycles. The number of carbonyl (C=O) groups is 1. The number of carbonyl (C=O) groups excluding carboxylic acids is 1. The molecule has 2 fully saturated rings. The van der Waals surface area contributed by atoms with Crippen molar-refractivity contribution < 1.29 is 4.79 Å². The van der Waals surface area contributed by atoms with Crippen LogP contribution in [0.5, 0.6) is 0 Å². The van der Waals surface area contributed by atoms with E-state index in [0.29, 0.717) is 11.9 Å². The van der Waals surface area contributed by atoms with Crippen LogP contribution in [-0.2, 0) is 11.3 Å². The number of amides is 1. The molecule has 0 saturated carbocycles. The number of nitrogens with zero attached hydrogens (tertiary/aromatic N) is 4. The van der Waals surface area contributed by atoms with E-state index in [1.54, 1.807) is 0 Å². The van der Waals surface area contributed by atoms with Crippen molar-refractivity contribution in [3.63, 3.8) is 0 Å². The largest absolute Gasteiger partial charge is 0.338 e. The van der Waals surface area contributed by atoms with E-state index in [1.165, 1.54) is 5.56 Å². The summed E-state index contributed by atoms with van der Waals surface area (Å²) in [6.45, 7) is 5.91. The summed E-state index contributed by atoms with van der Waals surface area (Å²) < 4.78 is 0. The lowest BCUT2D eigenvalue weighted by Gasteiger charge is -2.37. The van der Waals surface area contributed by atoms with Crippen molar-refractivity contribution in [3.8, 4) is 11.4 Å². The summed E-state index contributed by atoms with van der Waals surface area (Å²) in [5.41, 5.74) is 3.41. The summed E-state index contributed by atoms with van der Waals surface area (Å²) in [7, 11) is 0. The molecule has 26 heavy (non-hydrogen) atoms. The maximum Gasteiger partial charge on any atom is 0.222 e. The normalized spacial score (nSPS) is 21.3. The molecule has 0 radical (unpaired) electrons. The van der Waals surface area contributed by atoms with Gasteiger partial charge in [-0.05, 0) is 38.8 Å². The van der Waals surface area contributed by atoms with Gasteiger partial charge < -0.3 is 4.90 Å². The molecule has 2 saturated heterocycles. The van der Waals surface area contributed by atoms with Crippen LogP contribution >= 0.6 is 0 Å². The van der Waals surface area contributed by atoms with Crippen LogP contribution in [0.15, 0.2) is 36.7 Å². The van der Waals surface area contributed by atoms with Gasteiger partial charge in [0.05, 0.1) is 0 Å². The molecule has 0 unspecified atom stereocenters. The van der Waals surface area contributed by atoms with E-state index >= 15 is 0 Å². The lowest BCUT2D eigenvalue weighted by molar-refractivity contribution is -0.130. The molecule has 3 heterocycles. The molecule has 0 spiro atoms. The molecule has 1 amide bonds. The van der Waals surface area contributed by atoms with Crippen LogP contribution in [0, 0.1) is 6.92 Å². The van der Waals surface area contributed by atoms with Gasteiger partial charge in [0.15, 0.2) is 5.82 Å². The van der Waals surface area contributed by atoms with Crippen LogP contribution in [0.25, 0.3) is 11.4 Å². The highest BCUT2D eigenvalue weighted by atomic mass is 16.2. The van der Waals surface area contributed by atoms with Crippen LogP contribution in [0.3, 0.4) is 0 Å². The van der Waals surface area contributed by atoms with Crippen LogP contribution in [0.4, 0.5) is 0 Å². The van der Waals surface area contributed by atoms with Gasteiger partial charge in [0.1, 0.15) is 0 Å². The highest BCUT2D eigenvalue weighted by molar-refractivity contribution is 5.78. The second kappa shape index (κ2) is 7.54. The third-order valence-corrected chi connectivity index (χ3v) is 5.42. The number of likely N-dealkylation sites (tertiary alicyclic amines) is 2. The van der Waals surface area contributed by atoms with E-state index < -0.39 is 0 Å². The number of benzene rings is 1. The summed E-state index contributed by atoms with van der Waals surface area (Å²) in [6, 6.07) is 8.65. The number of rotatable bonds is 4. The van der Waals surface area contributed by atoms with Gasteiger partial charge in [-0.15, -0.1) is 0 Å². The predicted molar refractivity (Wildman–Crippen MR) is 101 cm³/mol. The molecule has 0 bridgehead atoms. The van der Waals surface area contributed by atoms with Gasteiger partial charge >= 0.3 is 0 Å². The second-order valence-electron chi connectivity index (χ2n) is 7.51. The molecule has 5 nitrogen and oxygen atoms in total. The zero-order valence-electron chi connectivity index (χ0n) is 15.4. The Kier molecular flexibility index (Phi) is 4.98. The molecule has 5 heteroatoms. The first-order chi connectivity index (χ1) is 12.7. The topological polar surface area (TPSA) is 49.3 Å². The van der Waals surface area contributed by atoms with Crippen molar-refractivity contribution in [2.75, 3.05) is 19.6 Å². The molecule has 0 aliphatic carbocycles. The molecule has 4 rings (SSSR count). The fraction of sp³-hybridized carbons (Fsp3) is 0.476. The van der Waals surface area contributed by atoms with Crippen molar-refractivity contribution >= 4 is 5.91 Å². The highest BCUT2D eigenvalue weighted by Crippen LogP contribution is 2.23. The Morgan fingerprint density at radius 2 is 2.00 bits per heavy atom. The summed E-state index contributed by atoms with van der Waals surface area (Å²) >= 11 is 0. The molecular weight excluding hydrogens is 324 g/mol. The number of piperidine rings is 1. The van der Waals surface area contributed by atoms with Crippen LogP contribution in [0.2, 0.25) is 0 Å². The zero-order chi connectivity index (χ0) is 17.9.